The number of nitrogens with zero attached hydrogens (tertiary/aromatic N) is 2. The molecule has 0 fully saturated rings. The molecule has 0 heterocycles. The van der Waals surface area contributed by atoms with Gasteiger partial charge in [-0.3, -0.25) is 4.79 Å². The summed E-state index contributed by atoms with van der Waals surface area (Å²) in [6, 6.07) is 7.22. The van der Waals surface area contributed by atoms with Crippen LogP contribution in [0.25, 0.3) is 0 Å². The van der Waals surface area contributed by atoms with Gasteiger partial charge in [0.1, 0.15) is 0 Å². The summed E-state index contributed by atoms with van der Waals surface area (Å²) in [6.45, 7) is 0.611. The highest BCUT2D eigenvalue weighted by molar-refractivity contribution is 5.95. The predicted octanol–water partition coefficient (Wildman–Crippen LogP) is 0.978. The van der Waals surface area contributed by atoms with E-state index in [0.29, 0.717) is 24.2 Å². The van der Waals surface area contributed by atoms with Crippen LogP contribution in [0, 0.1) is 11.3 Å². The molecular weight excluding hydrogens is 216 g/mol. The number of carbonyl (C=O) groups excluding carboxylic acids is 1. The van der Waals surface area contributed by atoms with E-state index in [0.717, 1.165) is 5.69 Å². The summed E-state index contributed by atoms with van der Waals surface area (Å²) in [6.07, 6.45) is 0.438. The molecule has 5 nitrogen and oxygen atoms in total. The molecule has 0 radical (unpaired) electrons. The van der Waals surface area contributed by atoms with Crippen molar-refractivity contribution in [3.8, 4) is 6.07 Å². The Hall–Kier alpha value is -2.22. The highest BCUT2D eigenvalue weighted by Crippen LogP contribution is 2.23. The molecule has 0 unspecified atom stereocenters. The average molecular weight is 232 g/mol. The first kappa shape index (κ1) is 12.8. The molecule has 0 aliphatic heterocycles. The summed E-state index contributed by atoms with van der Waals surface area (Å²) >= 11 is 0. The standard InChI is InChI=1S/C12H16N4O/c1-15-12(17)9-4-5-11(10(14)8-9)16(2)7-3-6-13/h4-5,8H,3,7,14H2,1-2H3,(H,15,17). The third-order valence-electron chi connectivity index (χ3n) is 2.49. The number of benzene rings is 1. The Balaban J connectivity index is 2.90. The van der Waals surface area contributed by atoms with Crippen LogP contribution in [0.2, 0.25) is 0 Å². The van der Waals surface area contributed by atoms with Gasteiger partial charge in [0.25, 0.3) is 5.91 Å². The molecule has 0 saturated carbocycles. The number of nitrogens with one attached hydrogen (secondary N) is 1. The van der Waals surface area contributed by atoms with Gasteiger partial charge in [-0.25, -0.2) is 0 Å². The Labute approximate surface area is 101 Å². The minimum absolute atomic E-state index is 0.164. The summed E-state index contributed by atoms with van der Waals surface area (Å²) < 4.78 is 0. The summed E-state index contributed by atoms with van der Waals surface area (Å²) in [5.41, 5.74) is 7.77. The second-order valence-corrected chi connectivity index (χ2v) is 3.68. The number of nitrogens with two attached hydrogens (primary N) is 1. The molecule has 17 heavy (non-hydrogen) atoms. The first-order valence-electron chi connectivity index (χ1n) is 5.30. The van der Waals surface area contributed by atoms with E-state index in [-0.39, 0.29) is 5.91 Å². The molecule has 0 aromatic heterocycles. The summed E-state index contributed by atoms with van der Waals surface area (Å²) in [5, 5.41) is 11.1. The highest BCUT2D eigenvalue weighted by atomic mass is 16.1. The second-order valence-electron chi connectivity index (χ2n) is 3.68. The maximum atomic E-state index is 11.4. The van der Waals surface area contributed by atoms with Gasteiger partial charge < -0.3 is 16.0 Å². The molecular formula is C12H16N4O. The lowest BCUT2D eigenvalue weighted by molar-refractivity contribution is 0.0963. The van der Waals surface area contributed by atoms with Gasteiger partial charge in [0.05, 0.1) is 23.9 Å². The maximum absolute atomic E-state index is 11.4. The van der Waals surface area contributed by atoms with Crippen molar-refractivity contribution in [1.29, 1.82) is 5.26 Å². The minimum Gasteiger partial charge on any atom is -0.397 e. The van der Waals surface area contributed by atoms with Crippen LogP contribution < -0.4 is 16.0 Å². The first-order chi connectivity index (χ1) is 8.10. The third kappa shape index (κ3) is 3.11. The Kier molecular flexibility index (Phi) is 4.35. The number of anilines is 2. The van der Waals surface area contributed by atoms with Crippen LogP contribution in [-0.4, -0.2) is 26.5 Å². The van der Waals surface area contributed by atoms with Crippen LogP contribution in [0.5, 0.6) is 0 Å². The smallest absolute Gasteiger partial charge is 0.251 e. The van der Waals surface area contributed by atoms with Crippen LogP contribution in [-0.2, 0) is 0 Å². The van der Waals surface area contributed by atoms with Crippen LogP contribution in [0.3, 0.4) is 0 Å². The zero-order valence-electron chi connectivity index (χ0n) is 10.0. The Bertz CT molecular complexity index is 450. The SMILES string of the molecule is CNC(=O)c1ccc(N(C)CCC#N)c(N)c1. The number of hydrogen-bond acceptors (Lipinski definition) is 4. The van der Waals surface area contributed by atoms with Crippen LogP contribution in [0.1, 0.15) is 16.8 Å². The monoisotopic (exact) mass is 232 g/mol. The maximum Gasteiger partial charge on any atom is 0.251 e. The van der Waals surface area contributed by atoms with Crippen LogP contribution >= 0.6 is 0 Å². The molecule has 1 aromatic carbocycles. The van der Waals surface area contributed by atoms with Crippen molar-refractivity contribution in [1.82, 2.24) is 5.32 Å². The highest BCUT2D eigenvalue weighted by Gasteiger charge is 2.09. The van der Waals surface area contributed by atoms with Gasteiger partial charge in [-0.2, -0.15) is 5.26 Å². The molecule has 0 spiro atoms. The molecule has 0 aliphatic rings. The number of rotatable bonds is 4. The molecule has 0 bridgehead atoms. The number of nitrogen functional groups attached to an aromatic ring is 1. The minimum atomic E-state index is -0.164. The van der Waals surface area contributed by atoms with Crippen molar-refractivity contribution < 1.29 is 4.79 Å². The van der Waals surface area contributed by atoms with Crippen LogP contribution in [0.4, 0.5) is 11.4 Å². The van der Waals surface area contributed by atoms with Crippen molar-refractivity contribution in [2.75, 3.05) is 31.3 Å². The molecule has 0 atom stereocenters. The van der Waals surface area contributed by atoms with E-state index < -0.39 is 0 Å². The van der Waals surface area contributed by atoms with Crippen molar-refractivity contribution >= 4 is 17.3 Å². The Morgan fingerprint density at radius 2 is 2.29 bits per heavy atom. The largest absolute Gasteiger partial charge is 0.397 e. The van der Waals surface area contributed by atoms with Crippen molar-refractivity contribution in [2.24, 2.45) is 0 Å². The van der Waals surface area contributed by atoms with E-state index in [2.05, 4.69) is 11.4 Å². The Morgan fingerprint density at radius 1 is 1.59 bits per heavy atom. The molecule has 1 amide bonds. The molecule has 5 heteroatoms. The van der Waals surface area contributed by atoms with Crippen LogP contribution in [0.15, 0.2) is 18.2 Å². The molecule has 0 aliphatic carbocycles. The van der Waals surface area contributed by atoms with E-state index >= 15 is 0 Å². The molecule has 90 valence electrons. The van der Waals surface area contributed by atoms with E-state index in [1.54, 1.807) is 25.2 Å². The lowest BCUT2D eigenvalue weighted by atomic mass is 10.1. The summed E-state index contributed by atoms with van der Waals surface area (Å²) in [4.78, 5) is 13.3. The third-order valence-corrected chi connectivity index (χ3v) is 2.49. The fourth-order valence-electron chi connectivity index (χ4n) is 1.53. The van der Waals surface area contributed by atoms with Gasteiger partial charge in [-0.1, -0.05) is 0 Å². The fourth-order valence-corrected chi connectivity index (χ4v) is 1.53. The predicted molar refractivity (Wildman–Crippen MR) is 67.7 cm³/mol. The normalized spacial score (nSPS) is 9.47. The van der Waals surface area contributed by atoms with E-state index in [4.69, 9.17) is 11.0 Å². The zero-order chi connectivity index (χ0) is 12.8. The number of carbonyl (C=O) groups is 1. The quantitative estimate of drug-likeness (QED) is 0.758. The lowest BCUT2D eigenvalue weighted by Crippen LogP contribution is -2.21. The van der Waals surface area contributed by atoms with Gasteiger partial charge in [0, 0.05) is 26.2 Å². The van der Waals surface area contributed by atoms with Gasteiger partial charge in [0.15, 0.2) is 0 Å². The van der Waals surface area contributed by atoms with Gasteiger partial charge in [0.2, 0.25) is 0 Å². The lowest BCUT2D eigenvalue weighted by Gasteiger charge is -2.20. The summed E-state index contributed by atoms with van der Waals surface area (Å²) in [7, 11) is 3.44. The van der Waals surface area contributed by atoms with Gasteiger partial charge in [-0.05, 0) is 18.2 Å². The second kappa shape index (κ2) is 5.75. The zero-order valence-corrected chi connectivity index (χ0v) is 10.0. The van der Waals surface area contributed by atoms with Gasteiger partial charge >= 0.3 is 0 Å². The average Bonchev–Trinajstić information content (AvgIpc) is 2.34. The Morgan fingerprint density at radius 3 is 2.82 bits per heavy atom. The topological polar surface area (TPSA) is 82.2 Å². The number of hydrogen-bond donors (Lipinski definition) is 2. The van der Waals surface area contributed by atoms with E-state index in [9.17, 15) is 4.79 Å². The first-order valence-corrected chi connectivity index (χ1v) is 5.30. The number of nitriles is 1. The van der Waals surface area contributed by atoms with E-state index in [1.807, 2.05) is 11.9 Å². The molecule has 3 N–H and O–H groups in total. The van der Waals surface area contributed by atoms with Gasteiger partial charge in [-0.15, -0.1) is 0 Å². The van der Waals surface area contributed by atoms with Crippen molar-refractivity contribution in [3.05, 3.63) is 23.8 Å². The summed E-state index contributed by atoms with van der Waals surface area (Å²) in [5.74, 6) is -0.164. The molecule has 1 rings (SSSR count). The van der Waals surface area contributed by atoms with E-state index in [1.165, 1.54) is 0 Å². The van der Waals surface area contributed by atoms with Crippen molar-refractivity contribution in [3.63, 3.8) is 0 Å². The van der Waals surface area contributed by atoms with Crippen molar-refractivity contribution in [2.45, 2.75) is 6.42 Å². The number of amides is 1. The molecule has 1 aromatic rings. The fraction of sp³-hybridized carbons (Fsp3) is 0.333. The molecule has 0 saturated heterocycles.